The maximum absolute atomic E-state index is 12.8. The van der Waals surface area contributed by atoms with Crippen LogP contribution in [0.3, 0.4) is 0 Å². The molecule has 0 spiro atoms. The van der Waals surface area contributed by atoms with Crippen molar-refractivity contribution >= 4 is 15.7 Å². The molecule has 2 aromatic carbocycles. The summed E-state index contributed by atoms with van der Waals surface area (Å²) in [6, 6.07) is 13.8. The Balaban J connectivity index is 1.40. The van der Waals surface area contributed by atoms with Gasteiger partial charge in [0.15, 0.2) is 9.84 Å². The average Bonchev–Trinajstić information content (AvgIpc) is 3.19. The van der Waals surface area contributed by atoms with E-state index in [1.54, 1.807) is 55.5 Å². The van der Waals surface area contributed by atoms with E-state index in [2.05, 4.69) is 16.4 Å². The summed E-state index contributed by atoms with van der Waals surface area (Å²) < 4.78 is 31.3. The molecule has 1 aliphatic carbocycles. The summed E-state index contributed by atoms with van der Waals surface area (Å²) in [6.45, 7) is 4.25. The molecule has 6 nitrogen and oxygen atoms in total. The third-order valence-corrected chi connectivity index (χ3v) is 7.75. The number of aromatic nitrogens is 1. The molecule has 4 rings (SSSR count). The molecule has 7 heteroatoms. The summed E-state index contributed by atoms with van der Waals surface area (Å²) in [6.07, 6.45) is 7.97. The van der Waals surface area contributed by atoms with Crippen molar-refractivity contribution in [2.45, 2.75) is 56.6 Å². The lowest BCUT2D eigenvalue weighted by atomic mass is 9.97. The highest BCUT2D eigenvalue weighted by Crippen LogP contribution is 2.25. The fraction of sp³-hybridized carbons (Fsp3) is 0.333. The number of nitrogens with zero attached hydrogens (tertiary/aromatic N) is 1. The van der Waals surface area contributed by atoms with Gasteiger partial charge in [-0.15, -0.1) is 0 Å². The van der Waals surface area contributed by atoms with Crippen LogP contribution in [0.1, 0.15) is 59.5 Å². The topological polar surface area (TPSA) is 89.3 Å². The minimum absolute atomic E-state index is 0.114. The van der Waals surface area contributed by atoms with Gasteiger partial charge in [-0.2, -0.15) is 0 Å². The lowest BCUT2D eigenvalue weighted by Gasteiger charge is -2.13. The van der Waals surface area contributed by atoms with Crippen LogP contribution in [0, 0.1) is 13.8 Å². The van der Waals surface area contributed by atoms with Crippen LogP contribution in [-0.4, -0.2) is 25.9 Å². The Morgan fingerprint density at radius 3 is 2.44 bits per heavy atom. The summed E-state index contributed by atoms with van der Waals surface area (Å²) in [5, 5.41) is 2.98. The maximum Gasteiger partial charge on any atom is 0.251 e. The summed E-state index contributed by atoms with van der Waals surface area (Å²) in [5.74, 6) is 0.450. The van der Waals surface area contributed by atoms with Crippen molar-refractivity contribution in [2.24, 2.45) is 0 Å². The minimum Gasteiger partial charge on any atom is -0.441 e. The van der Waals surface area contributed by atoms with Crippen molar-refractivity contribution in [3.05, 3.63) is 82.8 Å². The fourth-order valence-electron chi connectivity index (χ4n) is 4.03. The molecule has 0 saturated heterocycles. The predicted molar refractivity (Wildman–Crippen MR) is 132 cm³/mol. The molecule has 0 aliphatic heterocycles. The lowest BCUT2D eigenvalue weighted by Crippen LogP contribution is -2.24. The Labute approximate surface area is 201 Å². The summed E-state index contributed by atoms with van der Waals surface area (Å²) in [5.41, 5.74) is 4.06. The smallest absolute Gasteiger partial charge is 0.251 e. The summed E-state index contributed by atoms with van der Waals surface area (Å²) in [7, 11) is -3.54. The van der Waals surface area contributed by atoms with Crippen LogP contribution in [0.5, 0.6) is 0 Å². The number of benzene rings is 2. The Kier molecular flexibility index (Phi) is 7.32. The Morgan fingerprint density at radius 2 is 1.76 bits per heavy atom. The van der Waals surface area contributed by atoms with Gasteiger partial charge in [-0.05, 0) is 82.3 Å². The number of rotatable bonds is 8. The first kappa shape index (κ1) is 24.0. The first-order valence-electron chi connectivity index (χ1n) is 11.6. The number of amides is 1. The molecular weight excluding hydrogens is 448 g/mol. The van der Waals surface area contributed by atoms with E-state index in [0.29, 0.717) is 35.0 Å². The third-order valence-electron chi connectivity index (χ3n) is 6.11. The zero-order valence-electron chi connectivity index (χ0n) is 19.6. The summed E-state index contributed by atoms with van der Waals surface area (Å²) >= 11 is 0. The monoisotopic (exact) mass is 478 g/mol. The van der Waals surface area contributed by atoms with Gasteiger partial charge in [-0.25, -0.2) is 13.4 Å². The summed E-state index contributed by atoms with van der Waals surface area (Å²) in [4.78, 5) is 17.2. The van der Waals surface area contributed by atoms with Gasteiger partial charge in [0.1, 0.15) is 11.5 Å². The zero-order valence-corrected chi connectivity index (χ0v) is 20.5. The van der Waals surface area contributed by atoms with Crippen molar-refractivity contribution in [2.75, 3.05) is 6.54 Å². The molecule has 0 unspecified atom stereocenters. The first-order chi connectivity index (χ1) is 16.3. The molecular formula is C27H30N2O4S. The second kappa shape index (κ2) is 10.4. The number of carbonyl (C=O) groups excluding carboxylic acids is 1. The van der Waals surface area contributed by atoms with Gasteiger partial charge in [0, 0.05) is 17.7 Å². The Morgan fingerprint density at radius 1 is 1.03 bits per heavy atom. The van der Waals surface area contributed by atoms with Crippen LogP contribution in [-0.2, 0) is 15.6 Å². The molecule has 178 valence electrons. The van der Waals surface area contributed by atoms with Crippen molar-refractivity contribution in [1.82, 2.24) is 10.3 Å². The molecule has 0 fully saturated rings. The largest absolute Gasteiger partial charge is 0.441 e. The standard InChI is InChI=1S/C27H30N2O4S/c1-19-8-14-24(15-9-19)34(31,32)18-25-20(2)33-27(29-25)23-12-10-22(11-13-23)26(30)28-17-16-21-6-4-3-5-7-21/h6,8-15H,3-5,7,16-18H2,1-2H3,(H,28,30). The van der Waals surface area contributed by atoms with E-state index in [1.165, 1.54) is 18.4 Å². The minimum atomic E-state index is -3.54. The second-order valence-electron chi connectivity index (χ2n) is 8.79. The van der Waals surface area contributed by atoms with E-state index in [-0.39, 0.29) is 16.6 Å². The highest BCUT2D eigenvalue weighted by molar-refractivity contribution is 7.90. The van der Waals surface area contributed by atoms with Crippen LogP contribution in [0.15, 0.2) is 69.5 Å². The van der Waals surface area contributed by atoms with Crippen LogP contribution >= 0.6 is 0 Å². The lowest BCUT2D eigenvalue weighted by molar-refractivity contribution is 0.0954. The predicted octanol–water partition coefficient (Wildman–Crippen LogP) is 5.55. The molecule has 34 heavy (non-hydrogen) atoms. The van der Waals surface area contributed by atoms with Crippen LogP contribution in [0.2, 0.25) is 0 Å². The van der Waals surface area contributed by atoms with E-state index in [1.807, 2.05) is 6.92 Å². The van der Waals surface area contributed by atoms with Crippen LogP contribution < -0.4 is 5.32 Å². The number of oxazole rings is 1. The first-order valence-corrected chi connectivity index (χ1v) is 13.3. The quantitative estimate of drug-likeness (QED) is 0.429. The van der Waals surface area contributed by atoms with Gasteiger partial charge in [0.05, 0.1) is 10.6 Å². The van der Waals surface area contributed by atoms with Gasteiger partial charge in [-0.1, -0.05) is 29.3 Å². The molecule has 3 aromatic rings. The molecule has 0 radical (unpaired) electrons. The highest BCUT2D eigenvalue weighted by atomic mass is 32.2. The molecule has 0 saturated carbocycles. The van der Waals surface area contributed by atoms with E-state index >= 15 is 0 Å². The number of carbonyl (C=O) groups is 1. The van der Waals surface area contributed by atoms with Gasteiger partial charge in [0.25, 0.3) is 5.91 Å². The van der Waals surface area contributed by atoms with Gasteiger partial charge in [0.2, 0.25) is 5.89 Å². The zero-order chi connectivity index (χ0) is 24.1. The van der Waals surface area contributed by atoms with Crippen molar-refractivity contribution in [1.29, 1.82) is 0 Å². The van der Waals surface area contributed by atoms with Crippen molar-refractivity contribution < 1.29 is 17.6 Å². The molecule has 1 aromatic heterocycles. The van der Waals surface area contributed by atoms with Crippen LogP contribution in [0.25, 0.3) is 11.5 Å². The molecule has 1 amide bonds. The number of hydrogen-bond acceptors (Lipinski definition) is 5. The number of sulfone groups is 1. The number of aryl methyl sites for hydroxylation is 2. The number of hydrogen-bond donors (Lipinski definition) is 1. The van der Waals surface area contributed by atoms with E-state index < -0.39 is 9.84 Å². The highest BCUT2D eigenvalue weighted by Gasteiger charge is 2.21. The number of nitrogens with one attached hydrogen (secondary N) is 1. The van der Waals surface area contributed by atoms with E-state index in [4.69, 9.17) is 4.42 Å². The van der Waals surface area contributed by atoms with E-state index in [0.717, 1.165) is 24.8 Å². The van der Waals surface area contributed by atoms with Crippen LogP contribution in [0.4, 0.5) is 0 Å². The van der Waals surface area contributed by atoms with Crippen molar-refractivity contribution in [3.8, 4) is 11.5 Å². The van der Waals surface area contributed by atoms with Crippen molar-refractivity contribution in [3.63, 3.8) is 0 Å². The van der Waals surface area contributed by atoms with Gasteiger partial charge < -0.3 is 9.73 Å². The molecule has 0 bridgehead atoms. The van der Waals surface area contributed by atoms with Gasteiger partial charge >= 0.3 is 0 Å². The fourth-order valence-corrected chi connectivity index (χ4v) is 5.37. The second-order valence-corrected chi connectivity index (χ2v) is 10.8. The third kappa shape index (κ3) is 5.83. The normalized spacial score (nSPS) is 14.0. The Bertz CT molecular complexity index is 1290. The average molecular weight is 479 g/mol. The maximum atomic E-state index is 12.8. The van der Waals surface area contributed by atoms with Gasteiger partial charge in [-0.3, -0.25) is 4.79 Å². The molecule has 0 atom stereocenters. The Hall–Kier alpha value is -3.19. The SMILES string of the molecule is Cc1ccc(S(=O)(=O)Cc2nc(-c3ccc(C(=O)NCCC4=CCCCC4)cc3)oc2C)cc1. The number of allylic oxidation sites excluding steroid dienone is 1. The van der Waals surface area contributed by atoms with E-state index in [9.17, 15) is 13.2 Å². The molecule has 1 N–H and O–H groups in total. The molecule has 1 aliphatic rings. The molecule has 1 heterocycles.